The molecule has 0 bridgehead atoms. The fourth-order valence-corrected chi connectivity index (χ4v) is 3.89. The van der Waals surface area contributed by atoms with Crippen LogP contribution in [0.4, 0.5) is 0 Å². The number of rotatable bonds is 8. The van der Waals surface area contributed by atoms with Crippen molar-refractivity contribution in [3.05, 3.63) is 83.4 Å². The summed E-state index contributed by atoms with van der Waals surface area (Å²) in [6.45, 7) is 3.52. The maximum absolute atomic E-state index is 12.7. The molecular weight excluding hydrogens is 484 g/mol. The van der Waals surface area contributed by atoms with E-state index >= 15 is 0 Å². The number of ether oxygens (including phenoxy) is 4. The quantitative estimate of drug-likeness (QED) is 0.191. The molecule has 8 nitrogen and oxygen atoms in total. The van der Waals surface area contributed by atoms with Crippen LogP contribution in [0.5, 0.6) is 17.2 Å². The van der Waals surface area contributed by atoms with Gasteiger partial charge in [-0.05, 0) is 54.0 Å². The molecule has 1 fully saturated rings. The molecule has 38 heavy (non-hydrogen) atoms. The fraction of sp³-hybridized carbons (Fsp3) is 0.233. The van der Waals surface area contributed by atoms with Crippen LogP contribution in [0.3, 0.4) is 0 Å². The molecule has 0 atom stereocenters. The van der Waals surface area contributed by atoms with Crippen molar-refractivity contribution < 1.29 is 28.5 Å². The first kappa shape index (κ1) is 26.5. The molecule has 0 saturated carbocycles. The molecule has 0 aliphatic carbocycles. The number of nitrogens with zero attached hydrogens (tertiary/aromatic N) is 2. The topological polar surface area (TPSA) is 98.1 Å². The first-order valence-electron chi connectivity index (χ1n) is 12.1. The lowest BCUT2D eigenvalue weighted by Gasteiger charge is -2.26. The second-order valence-electron chi connectivity index (χ2n) is 8.64. The fourth-order valence-electron chi connectivity index (χ4n) is 3.89. The smallest absolute Gasteiger partial charge is 0.349 e. The van der Waals surface area contributed by atoms with Crippen LogP contribution in [0.25, 0.3) is 17.2 Å². The highest BCUT2D eigenvalue weighted by molar-refractivity contribution is 6.01. The minimum Gasteiger partial charge on any atom is -0.493 e. The molecule has 0 spiro atoms. The minimum absolute atomic E-state index is 0.000458. The molecule has 1 amide bonds. The molecule has 1 heterocycles. The largest absolute Gasteiger partial charge is 0.493 e. The van der Waals surface area contributed by atoms with Crippen molar-refractivity contribution in [2.45, 2.75) is 6.92 Å². The Balaban J connectivity index is 1.36. The third-order valence-electron chi connectivity index (χ3n) is 5.97. The highest BCUT2D eigenvalue weighted by Gasteiger charge is 2.21. The Morgan fingerprint density at radius 2 is 1.63 bits per heavy atom. The molecule has 0 N–H and O–H groups in total. The van der Waals surface area contributed by atoms with Gasteiger partial charge >= 0.3 is 5.97 Å². The first-order chi connectivity index (χ1) is 18.5. The van der Waals surface area contributed by atoms with Crippen molar-refractivity contribution in [3.8, 4) is 34.4 Å². The number of methoxy groups -OCH3 is 1. The molecule has 0 aromatic heterocycles. The second kappa shape index (κ2) is 12.6. The lowest BCUT2D eigenvalue weighted by atomic mass is 10.0. The molecule has 194 valence electrons. The van der Waals surface area contributed by atoms with Gasteiger partial charge in [0.1, 0.15) is 17.4 Å². The Morgan fingerprint density at radius 1 is 0.974 bits per heavy atom. The van der Waals surface area contributed by atoms with Crippen molar-refractivity contribution in [1.29, 1.82) is 5.26 Å². The SMILES string of the molecule is COc1cc(/C=C(\C#N)C(=O)N2CCOCC2)ccc1OC(=O)COc1ccc(-c2ccc(C)cc2)cc1. The van der Waals surface area contributed by atoms with Gasteiger partial charge in [-0.25, -0.2) is 4.79 Å². The highest BCUT2D eigenvalue weighted by atomic mass is 16.6. The summed E-state index contributed by atoms with van der Waals surface area (Å²) >= 11 is 0. The van der Waals surface area contributed by atoms with Gasteiger partial charge in [0.2, 0.25) is 0 Å². The predicted molar refractivity (Wildman–Crippen MR) is 142 cm³/mol. The maximum atomic E-state index is 12.7. The average molecular weight is 513 g/mol. The summed E-state index contributed by atoms with van der Waals surface area (Å²) in [5, 5.41) is 9.51. The molecule has 0 unspecified atom stereocenters. The van der Waals surface area contributed by atoms with Gasteiger partial charge in [-0.1, -0.05) is 48.0 Å². The van der Waals surface area contributed by atoms with Crippen LogP contribution in [0, 0.1) is 18.3 Å². The van der Waals surface area contributed by atoms with Crippen LogP contribution in [-0.2, 0) is 14.3 Å². The number of carbonyl (C=O) groups excluding carboxylic acids is 2. The lowest BCUT2D eigenvalue weighted by Crippen LogP contribution is -2.41. The first-order valence-corrected chi connectivity index (χ1v) is 12.1. The van der Waals surface area contributed by atoms with Gasteiger partial charge in [0, 0.05) is 13.1 Å². The molecular formula is C30H28N2O6. The van der Waals surface area contributed by atoms with Crippen LogP contribution in [0.2, 0.25) is 0 Å². The standard InChI is InChI=1S/C30H28N2O6/c1-21-3-6-23(7-4-21)24-8-10-26(11-9-24)37-20-29(33)38-27-12-5-22(18-28(27)35-2)17-25(19-31)30(34)32-13-15-36-16-14-32/h3-12,17-18H,13-16,20H2,1-2H3/b25-17+. The lowest BCUT2D eigenvalue weighted by molar-refractivity contribution is -0.136. The van der Waals surface area contributed by atoms with Gasteiger partial charge in [0.15, 0.2) is 18.1 Å². The van der Waals surface area contributed by atoms with E-state index in [1.165, 1.54) is 18.7 Å². The Kier molecular flexibility index (Phi) is 8.75. The van der Waals surface area contributed by atoms with Gasteiger partial charge < -0.3 is 23.8 Å². The monoisotopic (exact) mass is 512 g/mol. The van der Waals surface area contributed by atoms with E-state index in [-0.39, 0.29) is 29.6 Å². The summed E-state index contributed by atoms with van der Waals surface area (Å²) in [5.74, 6) is 0.0691. The Morgan fingerprint density at radius 3 is 2.26 bits per heavy atom. The minimum atomic E-state index is -0.602. The van der Waals surface area contributed by atoms with Crippen molar-refractivity contribution in [2.24, 2.45) is 0 Å². The summed E-state index contributed by atoms with van der Waals surface area (Å²) < 4.78 is 21.6. The van der Waals surface area contributed by atoms with E-state index in [0.29, 0.717) is 37.6 Å². The third kappa shape index (κ3) is 6.78. The van der Waals surface area contributed by atoms with Crippen LogP contribution in [-0.4, -0.2) is 56.8 Å². The number of hydrogen-bond acceptors (Lipinski definition) is 7. The zero-order valence-corrected chi connectivity index (χ0v) is 21.3. The van der Waals surface area contributed by atoms with E-state index in [9.17, 15) is 14.9 Å². The molecule has 3 aromatic carbocycles. The number of carbonyl (C=O) groups is 2. The Bertz CT molecular complexity index is 1350. The molecule has 3 aromatic rings. The number of aryl methyl sites for hydroxylation is 1. The van der Waals surface area contributed by atoms with E-state index in [0.717, 1.165) is 11.1 Å². The second-order valence-corrected chi connectivity index (χ2v) is 8.64. The predicted octanol–water partition coefficient (Wildman–Crippen LogP) is 4.42. The van der Waals surface area contributed by atoms with Gasteiger partial charge in [0.05, 0.1) is 20.3 Å². The number of nitriles is 1. The zero-order chi connectivity index (χ0) is 26.9. The van der Waals surface area contributed by atoms with Crippen molar-refractivity contribution >= 4 is 18.0 Å². The molecule has 1 aliphatic heterocycles. The van der Waals surface area contributed by atoms with Gasteiger partial charge in [-0.3, -0.25) is 4.79 Å². The number of morpholine rings is 1. The van der Waals surface area contributed by atoms with E-state index in [1.54, 1.807) is 35.2 Å². The number of amides is 1. The van der Waals surface area contributed by atoms with E-state index in [4.69, 9.17) is 18.9 Å². The average Bonchev–Trinajstić information content (AvgIpc) is 2.96. The van der Waals surface area contributed by atoms with Crippen molar-refractivity contribution in [2.75, 3.05) is 40.0 Å². The number of esters is 1. The van der Waals surface area contributed by atoms with Crippen molar-refractivity contribution in [3.63, 3.8) is 0 Å². The van der Waals surface area contributed by atoms with Crippen LogP contribution < -0.4 is 14.2 Å². The Hall–Kier alpha value is -4.61. The molecule has 8 heteroatoms. The molecule has 4 rings (SSSR count). The van der Waals surface area contributed by atoms with Crippen LogP contribution >= 0.6 is 0 Å². The molecule has 1 saturated heterocycles. The van der Waals surface area contributed by atoms with Gasteiger partial charge in [0.25, 0.3) is 5.91 Å². The van der Waals surface area contributed by atoms with Crippen LogP contribution in [0.1, 0.15) is 11.1 Å². The summed E-state index contributed by atoms with van der Waals surface area (Å²) in [6.07, 6.45) is 1.48. The van der Waals surface area contributed by atoms with Gasteiger partial charge in [-0.15, -0.1) is 0 Å². The molecule has 0 radical (unpaired) electrons. The van der Waals surface area contributed by atoms with E-state index in [2.05, 4.69) is 24.3 Å². The molecule has 1 aliphatic rings. The van der Waals surface area contributed by atoms with Crippen molar-refractivity contribution in [1.82, 2.24) is 4.90 Å². The van der Waals surface area contributed by atoms with Gasteiger partial charge in [-0.2, -0.15) is 5.26 Å². The summed E-state index contributed by atoms with van der Waals surface area (Å²) in [7, 11) is 1.44. The third-order valence-corrected chi connectivity index (χ3v) is 5.97. The summed E-state index contributed by atoms with van der Waals surface area (Å²) in [6, 6.07) is 22.4. The van der Waals surface area contributed by atoms with E-state index in [1.807, 2.05) is 25.1 Å². The zero-order valence-electron chi connectivity index (χ0n) is 21.3. The Labute approximate surface area is 221 Å². The number of benzene rings is 3. The number of hydrogen-bond donors (Lipinski definition) is 0. The summed E-state index contributed by atoms with van der Waals surface area (Å²) in [5.41, 5.74) is 3.90. The van der Waals surface area contributed by atoms with Crippen LogP contribution in [0.15, 0.2) is 72.3 Å². The summed E-state index contributed by atoms with van der Waals surface area (Å²) in [4.78, 5) is 26.7. The maximum Gasteiger partial charge on any atom is 0.349 e. The van der Waals surface area contributed by atoms with E-state index < -0.39 is 5.97 Å². The normalized spacial score (nSPS) is 13.4. The highest BCUT2D eigenvalue weighted by Crippen LogP contribution is 2.29.